The predicted octanol–water partition coefficient (Wildman–Crippen LogP) is 1.90. The van der Waals surface area contributed by atoms with Gasteiger partial charge in [-0.3, -0.25) is 9.59 Å². The molecule has 138 valence electrons. The number of ether oxygens (including phenoxy) is 2. The highest BCUT2D eigenvalue weighted by Gasteiger charge is 2.10. The molecule has 0 unspecified atom stereocenters. The van der Waals surface area contributed by atoms with Gasteiger partial charge in [-0.05, 0) is 36.4 Å². The minimum atomic E-state index is -0.865. The number of amides is 2. The van der Waals surface area contributed by atoms with Crippen LogP contribution in [-0.2, 0) is 4.79 Å². The minimum absolute atomic E-state index is 0.196. The van der Waals surface area contributed by atoms with Gasteiger partial charge in [0.1, 0.15) is 29.7 Å². The first-order chi connectivity index (χ1) is 12.5. The minimum Gasteiger partial charge on any atom is -0.497 e. The summed E-state index contributed by atoms with van der Waals surface area (Å²) < 4.78 is 36.6. The molecule has 2 aromatic rings. The Balaban J connectivity index is 1.67. The van der Waals surface area contributed by atoms with Crippen LogP contribution in [0.4, 0.5) is 8.78 Å². The van der Waals surface area contributed by atoms with Gasteiger partial charge >= 0.3 is 0 Å². The van der Waals surface area contributed by atoms with Crippen molar-refractivity contribution >= 4 is 11.8 Å². The number of carbonyl (C=O) groups excluding carboxylic acids is 2. The van der Waals surface area contributed by atoms with E-state index in [1.807, 2.05) is 0 Å². The largest absolute Gasteiger partial charge is 0.497 e. The maximum Gasteiger partial charge on any atom is 0.251 e. The zero-order valence-electron chi connectivity index (χ0n) is 14.1. The number of rotatable bonds is 8. The molecule has 0 fully saturated rings. The second-order valence-electron chi connectivity index (χ2n) is 5.21. The van der Waals surface area contributed by atoms with E-state index in [0.717, 1.165) is 12.1 Å². The van der Waals surface area contributed by atoms with Crippen LogP contribution in [0.25, 0.3) is 0 Å². The van der Waals surface area contributed by atoms with Crippen molar-refractivity contribution in [3.63, 3.8) is 0 Å². The molecular weight excluding hydrogens is 346 g/mol. The van der Waals surface area contributed by atoms with Gasteiger partial charge in [0.25, 0.3) is 5.91 Å². The van der Waals surface area contributed by atoms with Gasteiger partial charge < -0.3 is 20.1 Å². The van der Waals surface area contributed by atoms with Crippen molar-refractivity contribution in [2.24, 2.45) is 0 Å². The van der Waals surface area contributed by atoms with Gasteiger partial charge in [-0.1, -0.05) is 0 Å². The summed E-state index contributed by atoms with van der Waals surface area (Å²) in [4.78, 5) is 23.4. The first-order valence-electron chi connectivity index (χ1n) is 7.76. The standard InChI is InChI=1S/C18H18F2N2O4/c1-25-15-2-4-16(5-3-15)26-7-6-21-17(23)11-22-18(24)12-8-13(19)10-14(20)9-12/h2-5,8-10H,6-7,11H2,1H3,(H,21,23)(H,22,24). The van der Waals surface area contributed by atoms with Crippen LogP contribution in [0.15, 0.2) is 42.5 Å². The van der Waals surface area contributed by atoms with Crippen LogP contribution in [0.3, 0.4) is 0 Å². The predicted molar refractivity (Wildman–Crippen MR) is 90.2 cm³/mol. The van der Waals surface area contributed by atoms with Gasteiger partial charge in [0.15, 0.2) is 0 Å². The summed E-state index contributed by atoms with van der Waals surface area (Å²) >= 11 is 0. The maximum absolute atomic E-state index is 13.1. The first-order valence-corrected chi connectivity index (χ1v) is 7.76. The Morgan fingerprint density at radius 2 is 1.58 bits per heavy atom. The topological polar surface area (TPSA) is 76.7 Å². The summed E-state index contributed by atoms with van der Waals surface area (Å²) in [5.41, 5.74) is -0.196. The summed E-state index contributed by atoms with van der Waals surface area (Å²) in [5, 5.41) is 4.84. The summed E-state index contributed by atoms with van der Waals surface area (Å²) in [5.74, 6) is -1.59. The average Bonchev–Trinajstić information content (AvgIpc) is 2.63. The lowest BCUT2D eigenvalue weighted by molar-refractivity contribution is -0.120. The number of hydrogen-bond acceptors (Lipinski definition) is 4. The normalized spacial score (nSPS) is 10.1. The molecule has 2 N–H and O–H groups in total. The molecule has 0 aliphatic carbocycles. The second kappa shape index (κ2) is 9.36. The number of benzene rings is 2. The van der Waals surface area contributed by atoms with Crippen LogP contribution in [-0.4, -0.2) is 38.6 Å². The smallest absolute Gasteiger partial charge is 0.251 e. The van der Waals surface area contributed by atoms with Gasteiger partial charge in [0, 0.05) is 11.6 Å². The molecule has 0 radical (unpaired) electrons. The summed E-state index contributed by atoms with van der Waals surface area (Å²) in [7, 11) is 1.56. The quantitative estimate of drug-likeness (QED) is 0.702. The molecule has 0 heterocycles. The Bertz CT molecular complexity index is 746. The molecule has 0 aliphatic heterocycles. The molecule has 0 spiro atoms. The van der Waals surface area contributed by atoms with Crippen molar-refractivity contribution in [2.45, 2.75) is 0 Å². The Kier molecular flexibility index (Phi) is 6.90. The van der Waals surface area contributed by atoms with Crippen LogP contribution >= 0.6 is 0 Å². The van der Waals surface area contributed by atoms with Crippen LogP contribution < -0.4 is 20.1 Å². The van der Waals surface area contributed by atoms with E-state index in [4.69, 9.17) is 9.47 Å². The molecule has 2 aromatic carbocycles. The van der Waals surface area contributed by atoms with Gasteiger partial charge in [0.05, 0.1) is 20.2 Å². The maximum atomic E-state index is 13.1. The van der Waals surface area contributed by atoms with Gasteiger partial charge in [-0.2, -0.15) is 0 Å². The Morgan fingerprint density at radius 3 is 2.19 bits per heavy atom. The summed E-state index contributed by atoms with van der Waals surface area (Å²) in [6.07, 6.45) is 0. The molecule has 0 saturated carbocycles. The van der Waals surface area contributed by atoms with Crippen molar-refractivity contribution in [3.05, 3.63) is 59.7 Å². The fourth-order valence-electron chi connectivity index (χ4n) is 2.04. The Labute approximate surface area is 149 Å². The summed E-state index contributed by atoms with van der Waals surface area (Å²) in [6.45, 7) is 0.149. The third-order valence-corrected chi connectivity index (χ3v) is 3.29. The SMILES string of the molecule is COc1ccc(OCCNC(=O)CNC(=O)c2cc(F)cc(F)c2)cc1. The number of carbonyl (C=O) groups is 2. The van der Waals surface area contributed by atoms with E-state index in [2.05, 4.69) is 10.6 Å². The second-order valence-corrected chi connectivity index (χ2v) is 5.21. The highest BCUT2D eigenvalue weighted by Crippen LogP contribution is 2.16. The lowest BCUT2D eigenvalue weighted by atomic mass is 10.2. The van der Waals surface area contributed by atoms with E-state index >= 15 is 0 Å². The molecule has 2 rings (SSSR count). The van der Waals surface area contributed by atoms with E-state index in [-0.39, 0.29) is 25.3 Å². The van der Waals surface area contributed by atoms with Gasteiger partial charge in [-0.25, -0.2) is 8.78 Å². The van der Waals surface area contributed by atoms with Crippen molar-refractivity contribution < 1.29 is 27.8 Å². The summed E-state index contributed by atoms with van der Waals surface area (Å²) in [6, 6.07) is 9.40. The molecule has 0 aromatic heterocycles. The third kappa shape index (κ3) is 6.04. The molecule has 26 heavy (non-hydrogen) atoms. The first kappa shape index (κ1) is 19.2. The zero-order valence-corrected chi connectivity index (χ0v) is 14.1. The van der Waals surface area contributed by atoms with E-state index in [1.54, 1.807) is 31.4 Å². The van der Waals surface area contributed by atoms with E-state index in [9.17, 15) is 18.4 Å². The van der Waals surface area contributed by atoms with E-state index in [0.29, 0.717) is 17.6 Å². The fourth-order valence-corrected chi connectivity index (χ4v) is 2.04. The van der Waals surface area contributed by atoms with Crippen molar-refractivity contribution in [3.8, 4) is 11.5 Å². The lowest BCUT2D eigenvalue weighted by Gasteiger charge is -2.09. The number of halogens is 2. The molecule has 0 saturated heterocycles. The molecule has 8 heteroatoms. The molecule has 0 atom stereocenters. The Hall–Kier alpha value is -3.16. The molecular formula is C18H18F2N2O4. The fraction of sp³-hybridized carbons (Fsp3) is 0.222. The molecule has 6 nitrogen and oxygen atoms in total. The molecule has 0 aliphatic rings. The van der Waals surface area contributed by atoms with E-state index in [1.165, 1.54) is 0 Å². The average molecular weight is 364 g/mol. The van der Waals surface area contributed by atoms with Gasteiger partial charge in [0.2, 0.25) is 5.91 Å². The van der Waals surface area contributed by atoms with Crippen molar-refractivity contribution in [1.29, 1.82) is 0 Å². The van der Waals surface area contributed by atoms with Crippen molar-refractivity contribution in [1.82, 2.24) is 10.6 Å². The Morgan fingerprint density at radius 1 is 0.962 bits per heavy atom. The number of methoxy groups -OCH3 is 1. The van der Waals surface area contributed by atoms with E-state index < -0.39 is 23.4 Å². The third-order valence-electron chi connectivity index (χ3n) is 3.29. The van der Waals surface area contributed by atoms with Crippen LogP contribution in [0, 0.1) is 11.6 Å². The highest BCUT2D eigenvalue weighted by atomic mass is 19.1. The number of nitrogens with one attached hydrogen (secondary N) is 2. The molecule has 0 bridgehead atoms. The lowest BCUT2D eigenvalue weighted by Crippen LogP contribution is -2.38. The zero-order chi connectivity index (χ0) is 18.9. The van der Waals surface area contributed by atoms with Gasteiger partial charge in [-0.15, -0.1) is 0 Å². The highest BCUT2D eigenvalue weighted by molar-refractivity contribution is 5.96. The molecule has 2 amide bonds. The van der Waals surface area contributed by atoms with Crippen molar-refractivity contribution in [2.75, 3.05) is 26.8 Å². The van der Waals surface area contributed by atoms with Crippen LogP contribution in [0.2, 0.25) is 0 Å². The number of hydrogen-bond donors (Lipinski definition) is 2. The van der Waals surface area contributed by atoms with Crippen LogP contribution in [0.1, 0.15) is 10.4 Å². The van der Waals surface area contributed by atoms with Crippen LogP contribution in [0.5, 0.6) is 11.5 Å². The monoisotopic (exact) mass is 364 g/mol.